The van der Waals surface area contributed by atoms with E-state index in [4.69, 9.17) is 14.2 Å². The predicted molar refractivity (Wildman–Crippen MR) is 109 cm³/mol. The molecule has 2 rings (SSSR count). The number of ketones is 1. The molecule has 0 aliphatic heterocycles. The van der Waals surface area contributed by atoms with Gasteiger partial charge in [0.25, 0.3) is 0 Å². The molecule has 0 saturated heterocycles. The lowest BCUT2D eigenvalue weighted by Gasteiger charge is -2.13. The van der Waals surface area contributed by atoms with Crippen LogP contribution >= 0.6 is 0 Å². The monoisotopic (exact) mass is 368 g/mol. The summed E-state index contributed by atoms with van der Waals surface area (Å²) >= 11 is 0. The van der Waals surface area contributed by atoms with Crippen molar-refractivity contribution in [3.8, 4) is 17.2 Å². The first-order chi connectivity index (χ1) is 13.1. The Kier molecular flexibility index (Phi) is 7.93. The average Bonchev–Trinajstić information content (AvgIpc) is 2.68. The molecule has 0 atom stereocenters. The Labute approximate surface area is 161 Å². The number of rotatable bonds is 10. The average molecular weight is 368 g/mol. The number of para-hydroxylation sites is 1. The highest BCUT2D eigenvalue weighted by Crippen LogP contribution is 2.32. The van der Waals surface area contributed by atoms with E-state index < -0.39 is 0 Å². The van der Waals surface area contributed by atoms with Crippen molar-refractivity contribution in [1.29, 1.82) is 0 Å². The fraction of sp³-hybridized carbons (Fsp3) is 0.348. The summed E-state index contributed by atoms with van der Waals surface area (Å²) in [4.78, 5) is 12.8. The van der Waals surface area contributed by atoms with Gasteiger partial charge in [0.1, 0.15) is 5.75 Å². The van der Waals surface area contributed by atoms with E-state index in [0.717, 1.165) is 17.7 Å². The minimum absolute atomic E-state index is 0.135. The van der Waals surface area contributed by atoms with Crippen molar-refractivity contribution >= 4 is 11.9 Å². The Hall–Kier alpha value is -2.75. The molecule has 0 aromatic heterocycles. The van der Waals surface area contributed by atoms with Crippen molar-refractivity contribution in [2.45, 2.75) is 34.1 Å². The number of hydrogen-bond donors (Lipinski definition) is 0. The number of carbonyl (C=O) groups excluding carboxylic acids is 1. The highest BCUT2D eigenvalue weighted by molar-refractivity contribution is 6.09. The summed E-state index contributed by atoms with van der Waals surface area (Å²) in [5.41, 5.74) is 2.58. The molecule has 0 saturated carbocycles. The van der Waals surface area contributed by atoms with Gasteiger partial charge in [-0.2, -0.15) is 0 Å². The maximum Gasteiger partial charge on any atom is 0.189 e. The number of benzene rings is 2. The third kappa shape index (κ3) is 5.36. The molecule has 4 nitrogen and oxygen atoms in total. The zero-order chi connectivity index (χ0) is 19.6. The van der Waals surface area contributed by atoms with Crippen LogP contribution < -0.4 is 14.2 Å². The third-order valence-corrected chi connectivity index (χ3v) is 4.03. The van der Waals surface area contributed by atoms with Gasteiger partial charge in [0, 0.05) is 5.56 Å². The Balaban J connectivity index is 2.35. The quantitative estimate of drug-likeness (QED) is 0.419. The van der Waals surface area contributed by atoms with Crippen LogP contribution in [0.25, 0.3) is 6.08 Å². The molecule has 0 spiro atoms. The maximum atomic E-state index is 12.8. The van der Waals surface area contributed by atoms with Crippen LogP contribution in [0.5, 0.6) is 17.2 Å². The van der Waals surface area contributed by atoms with Gasteiger partial charge in [-0.25, -0.2) is 0 Å². The molecule has 0 amide bonds. The van der Waals surface area contributed by atoms with Crippen molar-refractivity contribution in [3.05, 3.63) is 59.2 Å². The maximum absolute atomic E-state index is 12.8. The number of allylic oxidation sites excluding steroid dienone is 1. The summed E-state index contributed by atoms with van der Waals surface area (Å²) in [6.07, 6.45) is 4.28. The summed E-state index contributed by atoms with van der Waals surface area (Å²) in [5.74, 6) is 1.71. The lowest BCUT2D eigenvalue weighted by atomic mass is 10.0. The Bertz CT molecular complexity index is 793. The molecule has 0 N–H and O–H groups in total. The first-order valence-electron chi connectivity index (χ1n) is 9.51. The SMILES string of the molecule is CCOc1ccc(CC)cc1/C=C/C(=O)c1cccc(OCC)c1OCC. The van der Waals surface area contributed by atoms with Crippen LogP contribution in [0.2, 0.25) is 0 Å². The van der Waals surface area contributed by atoms with Crippen molar-refractivity contribution < 1.29 is 19.0 Å². The van der Waals surface area contributed by atoms with Gasteiger partial charge in [-0.05, 0) is 69.2 Å². The van der Waals surface area contributed by atoms with Gasteiger partial charge in [0.05, 0.1) is 25.4 Å². The zero-order valence-electron chi connectivity index (χ0n) is 16.6. The Morgan fingerprint density at radius 1 is 0.889 bits per heavy atom. The lowest BCUT2D eigenvalue weighted by molar-refractivity contribution is 0.104. The third-order valence-electron chi connectivity index (χ3n) is 4.03. The normalized spacial score (nSPS) is 10.8. The van der Waals surface area contributed by atoms with Crippen molar-refractivity contribution in [1.82, 2.24) is 0 Å². The topological polar surface area (TPSA) is 44.8 Å². The second-order valence-electron chi connectivity index (χ2n) is 5.86. The Morgan fingerprint density at radius 2 is 1.59 bits per heavy atom. The second-order valence-corrected chi connectivity index (χ2v) is 5.86. The highest BCUT2D eigenvalue weighted by atomic mass is 16.5. The van der Waals surface area contributed by atoms with E-state index in [1.54, 1.807) is 24.3 Å². The molecule has 0 heterocycles. The van der Waals surface area contributed by atoms with Crippen molar-refractivity contribution in [2.24, 2.45) is 0 Å². The number of carbonyl (C=O) groups is 1. The molecule has 2 aromatic carbocycles. The van der Waals surface area contributed by atoms with E-state index in [9.17, 15) is 4.79 Å². The number of hydrogen-bond acceptors (Lipinski definition) is 4. The number of aryl methyl sites for hydroxylation is 1. The first kappa shape index (κ1) is 20.6. The second kappa shape index (κ2) is 10.4. The smallest absolute Gasteiger partial charge is 0.189 e. The summed E-state index contributed by atoms with van der Waals surface area (Å²) in [6.45, 7) is 9.38. The van der Waals surface area contributed by atoms with Crippen molar-refractivity contribution in [2.75, 3.05) is 19.8 Å². The van der Waals surface area contributed by atoms with Gasteiger partial charge < -0.3 is 14.2 Å². The predicted octanol–water partition coefficient (Wildman–Crippen LogP) is 5.34. The van der Waals surface area contributed by atoms with E-state index in [0.29, 0.717) is 36.9 Å². The first-order valence-corrected chi connectivity index (χ1v) is 9.51. The molecule has 0 radical (unpaired) electrons. The van der Waals surface area contributed by atoms with E-state index in [1.165, 1.54) is 5.56 Å². The fourth-order valence-corrected chi connectivity index (χ4v) is 2.76. The molecule has 0 aliphatic rings. The van der Waals surface area contributed by atoms with Gasteiger partial charge in [-0.1, -0.05) is 19.1 Å². The molecule has 144 valence electrons. The molecule has 4 heteroatoms. The fourth-order valence-electron chi connectivity index (χ4n) is 2.76. The molecule has 0 aliphatic carbocycles. The minimum atomic E-state index is -0.135. The molecule has 0 bridgehead atoms. The molecule has 0 unspecified atom stereocenters. The van der Waals surface area contributed by atoms with Crippen LogP contribution in [0.4, 0.5) is 0 Å². The van der Waals surface area contributed by atoms with Crippen LogP contribution in [-0.4, -0.2) is 25.6 Å². The van der Waals surface area contributed by atoms with E-state index in [1.807, 2.05) is 39.0 Å². The van der Waals surface area contributed by atoms with Crippen LogP contribution in [0.3, 0.4) is 0 Å². The number of ether oxygens (including phenoxy) is 3. The van der Waals surface area contributed by atoms with Crippen LogP contribution in [-0.2, 0) is 6.42 Å². The highest BCUT2D eigenvalue weighted by Gasteiger charge is 2.15. The van der Waals surface area contributed by atoms with E-state index in [2.05, 4.69) is 13.0 Å². The van der Waals surface area contributed by atoms with Gasteiger partial charge in [-0.15, -0.1) is 0 Å². The standard InChI is InChI=1S/C23H28O4/c1-5-17-12-15-21(25-6-2)18(16-17)13-14-20(24)19-10-9-11-22(26-7-3)23(19)27-8-4/h9-16H,5-8H2,1-4H3/b14-13+. The van der Waals surface area contributed by atoms with Crippen LogP contribution in [0, 0.1) is 0 Å². The lowest BCUT2D eigenvalue weighted by Crippen LogP contribution is -2.05. The minimum Gasteiger partial charge on any atom is -0.493 e. The molecular weight excluding hydrogens is 340 g/mol. The van der Waals surface area contributed by atoms with Crippen LogP contribution in [0.15, 0.2) is 42.5 Å². The molecule has 27 heavy (non-hydrogen) atoms. The molecule has 2 aromatic rings. The summed E-state index contributed by atoms with van der Waals surface area (Å²) in [7, 11) is 0. The van der Waals surface area contributed by atoms with Gasteiger partial charge >= 0.3 is 0 Å². The summed E-state index contributed by atoms with van der Waals surface area (Å²) in [5, 5.41) is 0. The summed E-state index contributed by atoms with van der Waals surface area (Å²) in [6, 6.07) is 11.4. The van der Waals surface area contributed by atoms with Gasteiger partial charge in [-0.3, -0.25) is 4.79 Å². The molecular formula is C23H28O4. The summed E-state index contributed by atoms with van der Waals surface area (Å²) < 4.78 is 17.0. The van der Waals surface area contributed by atoms with Gasteiger partial charge in [0.2, 0.25) is 0 Å². The van der Waals surface area contributed by atoms with Crippen molar-refractivity contribution in [3.63, 3.8) is 0 Å². The molecule has 0 fully saturated rings. The van der Waals surface area contributed by atoms with E-state index in [-0.39, 0.29) is 5.78 Å². The largest absolute Gasteiger partial charge is 0.493 e. The van der Waals surface area contributed by atoms with Gasteiger partial charge in [0.15, 0.2) is 17.3 Å². The Morgan fingerprint density at radius 3 is 2.26 bits per heavy atom. The van der Waals surface area contributed by atoms with E-state index >= 15 is 0 Å². The zero-order valence-corrected chi connectivity index (χ0v) is 16.6. The van der Waals surface area contributed by atoms with Crippen LogP contribution in [0.1, 0.15) is 49.2 Å².